The van der Waals surface area contributed by atoms with Gasteiger partial charge in [-0.05, 0) is 45.4 Å². The molecular formula is C23H24N4O2S. The number of anilines is 2. The second-order valence-electron chi connectivity index (χ2n) is 7.73. The SMILES string of the molecule is Cc1ccc(Cn2nc(C)c(NC(=O)C3(C)Sc4ccccc4NC3=O)c2C)cc1. The third-order valence-corrected chi connectivity index (χ3v) is 6.74. The van der Waals surface area contributed by atoms with Gasteiger partial charge in [0.05, 0.1) is 29.3 Å². The zero-order valence-corrected chi connectivity index (χ0v) is 18.3. The van der Waals surface area contributed by atoms with Crippen molar-refractivity contribution in [3.8, 4) is 0 Å². The molecule has 1 aliphatic rings. The molecule has 30 heavy (non-hydrogen) atoms. The average molecular weight is 421 g/mol. The summed E-state index contributed by atoms with van der Waals surface area (Å²) in [4.78, 5) is 26.8. The van der Waals surface area contributed by atoms with E-state index in [0.29, 0.717) is 12.2 Å². The predicted octanol–water partition coefficient (Wildman–Crippen LogP) is 4.30. The molecule has 3 aromatic rings. The molecule has 0 fully saturated rings. The first-order valence-electron chi connectivity index (χ1n) is 9.78. The Morgan fingerprint density at radius 2 is 1.83 bits per heavy atom. The van der Waals surface area contributed by atoms with Crippen LogP contribution in [0.3, 0.4) is 0 Å². The van der Waals surface area contributed by atoms with Gasteiger partial charge in [0, 0.05) is 4.90 Å². The number of amides is 2. The third-order valence-electron chi connectivity index (χ3n) is 5.39. The van der Waals surface area contributed by atoms with Crippen molar-refractivity contribution in [2.45, 2.75) is 43.9 Å². The number of nitrogens with one attached hydrogen (secondary N) is 2. The van der Waals surface area contributed by atoms with Crippen LogP contribution < -0.4 is 10.6 Å². The summed E-state index contributed by atoms with van der Waals surface area (Å²) >= 11 is 1.27. The van der Waals surface area contributed by atoms with Gasteiger partial charge in [-0.15, -0.1) is 0 Å². The highest BCUT2D eigenvalue weighted by atomic mass is 32.2. The van der Waals surface area contributed by atoms with Crippen molar-refractivity contribution >= 4 is 35.0 Å². The highest BCUT2D eigenvalue weighted by molar-refractivity contribution is 8.02. The van der Waals surface area contributed by atoms with E-state index < -0.39 is 4.75 Å². The summed E-state index contributed by atoms with van der Waals surface area (Å²) in [7, 11) is 0. The molecule has 7 heteroatoms. The fourth-order valence-corrected chi connectivity index (χ4v) is 4.55. The normalized spacial score (nSPS) is 17.9. The van der Waals surface area contributed by atoms with Crippen LogP contribution in [0, 0.1) is 20.8 Å². The minimum atomic E-state index is -1.27. The Hall–Kier alpha value is -3.06. The van der Waals surface area contributed by atoms with Gasteiger partial charge in [0.2, 0.25) is 11.8 Å². The average Bonchev–Trinajstić information content (AvgIpc) is 2.98. The summed E-state index contributed by atoms with van der Waals surface area (Å²) < 4.78 is 0.605. The van der Waals surface area contributed by atoms with Crippen molar-refractivity contribution in [2.24, 2.45) is 0 Å². The van der Waals surface area contributed by atoms with Gasteiger partial charge in [-0.2, -0.15) is 5.10 Å². The summed E-state index contributed by atoms with van der Waals surface area (Å²) in [5.74, 6) is -0.688. The molecule has 2 aromatic carbocycles. The minimum Gasteiger partial charge on any atom is -0.323 e. The molecule has 1 unspecified atom stereocenters. The first-order chi connectivity index (χ1) is 14.3. The van der Waals surface area contributed by atoms with Crippen LogP contribution >= 0.6 is 11.8 Å². The summed E-state index contributed by atoms with van der Waals surface area (Å²) in [6.45, 7) is 8.11. The predicted molar refractivity (Wildman–Crippen MR) is 120 cm³/mol. The second-order valence-corrected chi connectivity index (χ2v) is 9.19. The lowest BCUT2D eigenvalue weighted by Gasteiger charge is -2.31. The van der Waals surface area contributed by atoms with E-state index in [1.54, 1.807) is 6.92 Å². The molecule has 0 aliphatic carbocycles. The number of nitrogens with zero attached hydrogens (tertiary/aromatic N) is 2. The van der Waals surface area contributed by atoms with E-state index in [4.69, 9.17) is 0 Å². The molecule has 0 saturated carbocycles. The van der Waals surface area contributed by atoms with Crippen LogP contribution in [-0.4, -0.2) is 26.3 Å². The van der Waals surface area contributed by atoms with Crippen LogP contribution in [0.1, 0.15) is 29.4 Å². The number of aromatic nitrogens is 2. The lowest BCUT2D eigenvalue weighted by atomic mass is 10.1. The van der Waals surface area contributed by atoms with E-state index in [1.807, 2.05) is 42.8 Å². The molecule has 0 spiro atoms. The van der Waals surface area contributed by atoms with Crippen molar-refractivity contribution in [1.29, 1.82) is 0 Å². The lowest BCUT2D eigenvalue weighted by molar-refractivity contribution is -0.126. The van der Waals surface area contributed by atoms with Gasteiger partial charge in [-0.3, -0.25) is 14.3 Å². The van der Waals surface area contributed by atoms with Crippen molar-refractivity contribution < 1.29 is 9.59 Å². The number of carbonyl (C=O) groups is 2. The quantitative estimate of drug-likeness (QED) is 0.617. The van der Waals surface area contributed by atoms with E-state index in [2.05, 4.69) is 46.9 Å². The molecular weight excluding hydrogens is 396 g/mol. The van der Waals surface area contributed by atoms with Crippen molar-refractivity contribution in [3.63, 3.8) is 0 Å². The minimum absolute atomic E-state index is 0.328. The maximum Gasteiger partial charge on any atom is 0.250 e. The van der Waals surface area contributed by atoms with Gasteiger partial charge < -0.3 is 10.6 Å². The molecule has 1 aliphatic heterocycles. The molecule has 2 heterocycles. The number of para-hydroxylation sites is 1. The Morgan fingerprint density at radius 3 is 2.57 bits per heavy atom. The first kappa shape index (κ1) is 20.2. The molecule has 0 saturated heterocycles. The van der Waals surface area contributed by atoms with Crippen LogP contribution in [0.25, 0.3) is 0 Å². The van der Waals surface area contributed by atoms with E-state index in [1.165, 1.54) is 17.3 Å². The molecule has 1 aromatic heterocycles. The highest BCUT2D eigenvalue weighted by Gasteiger charge is 2.46. The van der Waals surface area contributed by atoms with Gasteiger partial charge in [0.15, 0.2) is 4.75 Å². The van der Waals surface area contributed by atoms with Crippen LogP contribution in [0.2, 0.25) is 0 Å². The standard InChI is InChI=1S/C23H24N4O2S/c1-14-9-11-17(12-10-14)13-27-16(3)20(15(2)26-27)25-22(29)23(4)21(28)24-18-7-5-6-8-19(18)30-23/h5-12H,13H2,1-4H3,(H,24,28)(H,25,29). The Kier molecular flexibility index (Phi) is 5.15. The largest absolute Gasteiger partial charge is 0.323 e. The number of benzene rings is 2. The number of carbonyl (C=O) groups excluding carboxylic acids is 2. The molecule has 1 atom stereocenters. The molecule has 2 amide bonds. The maximum atomic E-state index is 13.2. The smallest absolute Gasteiger partial charge is 0.250 e. The van der Waals surface area contributed by atoms with Crippen molar-refractivity contribution in [2.75, 3.05) is 10.6 Å². The molecule has 154 valence electrons. The Balaban J connectivity index is 1.57. The zero-order chi connectivity index (χ0) is 21.5. The number of hydrogen-bond donors (Lipinski definition) is 2. The van der Waals surface area contributed by atoms with Crippen LogP contribution in [-0.2, 0) is 16.1 Å². The van der Waals surface area contributed by atoms with E-state index in [9.17, 15) is 9.59 Å². The summed E-state index contributed by atoms with van der Waals surface area (Å²) in [6.07, 6.45) is 0. The molecule has 6 nitrogen and oxygen atoms in total. The summed E-state index contributed by atoms with van der Waals surface area (Å²) in [5, 5.41) is 10.4. The van der Waals surface area contributed by atoms with Crippen LogP contribution in [0.15, 0.2) is 53.4 Å². The van der Waals surface area contributed by atoms with E-state index >= 15 is 0 Å². The Bertz CT molecular complexity index is 1140. The number of hydrogen-bond acceptors (Lipinski definition) is 4. The maximum absolute atomic E-state index is 13.2. The Labute approximate surface area is 180 Å². The topological polar surface area (TPSA) is 76.0 Å². The first-order valence-corrected chi connectivity index (χ1v) is 10.6. The van der Waals surface area contributed by atoms with Crippen molar-refractivity contribution in [1.82, 2.24) is 9.78 Å². The summed E-state index contributed by atoms with van der Waals surface area (Å²) in [6, 6.07) is 15.8. The number of aryl methyl sites for hydroxylation is 2. The molecule has 4 rings (SSSR count). The van der Waals surface area contributed by atoms with Gasteiger partial charge in [-0.1, -0.05) is 53.7 Å². The second kappa shape index (κ2) is 7.65. The Morgan fingerprint density at radius 1 is 1.13 bits per heavy atom. The van der Waals surface area contributed by atoms with Gasteiger partial charge in [0.25, 0.3) is 0 Å². The van der Waals surface area contributed by atoms with Gasteiger partial charge in [0.1, 0.15) is 0 Å². The number of thioether (sulfide) groups is 1. The molecule has 2 N–H and O–H groups in total. The highest BCUT2D eigenvalue weighted by Crippen LogP contribution is 2.43. The lowest BCUT2D eigenvalue weighted by Crippen LogP contribution is -2.49. The fraction of sp³-hybridized carbons (Fsp3) is 0.261. The van der Waals surface area contributed by atoms with E-state index in [0.717, 1.165) is 27.5 Å². The molecule has 0 radical (unpaired) electrons. The number of fused-ring (bicyclic) bond motifs is 1. The molecule has 0 bridgehead atoms. The monoisotopic (exact) mass is 420 g/mol. The summed E-state index contributed by atoms with van der Waals surface area (Å²) in [5.41, 5.74) is 5.30. The van der Waals surface area contributed by atoms with Crippen LogP contribution in [0.4, 0.5) is 11.4 Å². The van der Waals surface area contributed by atoms with Gasteiger partial charge >= 0.3 is 0 Å². The van der Waals surface area contributed by atoms with Crippen molar-refractivity contribution in [3.05, 3.63) is 71.0 Å². The van der Waals surface area contributed by atoms with Gasteiger partial charge in [-0.25, -0.2) is 0 Å². The zero-order valence-electron chi connectivity index (χ0n) is 17.4. The number of rotatable bonds is 4. The van der Waals surface area contributed by atoms with E-state index in [-0.39, 0.29) is 11.8 Å². The fourth-order valence-electron chi connectivity index (χ4n) is 3.45. The van der Waals surface area contributed by atoms with Crippen LogP contribution in [0.5, 0.6) is 0 Å². The third kappa shape index (κ3) is 3.61.